The molecule has 1 atom stereocenters. The second-order valence-electron chi connectivity index (χ2n) is 4.44. The van der Waals surface area contributed by atoms with Crippen LogP contribution in [0.1, 0.15) is 24.1 Å². The number of halogens is 2. The van der Waals surface area contributed by atoms with Gasteiger partial charge in [0.2, 0.25) is 0 Å². The predicted octanol–water partition coefficient (Wildman–Crippen LogP) is 3.77. The number of hydrogen-bond donors (Lipinski definition) is 2. The number of benzene rings is 2. The molecule has 0 radical (unpaired) electrons. The SMILES string of the molecule is CC(Nc1cccc(F)c1C(N)=S)c1ccc(F)cc1. The minimum atomic E-state index is -0.464. The van der Waals surface area contributed by atoms with E-state index in [9.17, 15) is 8.78 Å². The van der Waals surface area contributed by atoms with Crippen molar-refractivity contribution in [1.82, 2.24) is 0 Å². The Bertz CT molecular complexity index is 626. The minimum Gasteiger partial charge on any atom is -0.389 e. The molecular formula is C15H14F2N2S. The van der Waals surface area contributed by atoms with Crippen LogP contribution in [0.25, 0.3) is 0 Å². The maximum Gasteiger partial charge on any atom is 0.135 e. The van der Waals surface area contributed by atoms with Gasteiger partial charge in [-0.05, 0) is 36.8 Å². The van der Waals surface area contributed by atoms with Crippen LogP contribution in [0.4, 0.5) is 14.5 Å². The van der Waals surface area contributed by atoms with Gasteiger partial charge in [-0.1, -0.05) is 30.4 Å². The zero-order valence-electron chi connectivity index (χ0n) is 10.9. The van der Waals surface area contributed by atoms with Crippen molar-refractivity contribution in [2.45, 2.75) is 13.0 Å². The summed E-state index contributed by atoms with van der Waals surface area (Å²) in [6, 6.07) is 10.6. The van der Waals surface area contributed by atoms with E-state index in [-0.39, 0.29) is 22.4 Å². The number of hydrogen-bond acceptors (Lipinski definition) is 2. The molecule has 0 fully saturated rings. The molecule has 104 valence electrons. The number of thiocarbonyl (C=S) groups is 1. The highest BCUT2D eigenvalue weighted by molar-refractivity contribution is 7.80. The van der Waals surface area contributed by atoms with Gasteiger partial charge in [-0.25, -0.2) is 8.78 Å². The molecule has 2 nitrogen and oxygen atoms in total. The summed E-state index contributed by atoms with van der Waals surface area (Å²) < 4.78 is 26.6. The van der Waals surface area contributed by atoms with Crippen molar-refractivity contribution in [3.05, 3.63) is 65.2 Å². The van der Waals surface area contributed by atoms with E-state index in [2.05, 4.69) is 5.32 Å². The fraction of sp³-hybridized carbons (Fsp3) is 0.133. The highest BCUT2D eigenvalue weighted by atomic mass is 32.1. The topological polar surface area (TPSA) is 38.0 Å². The van der Waals surface area contributed by atoms with Crippen molar-refractivity contribution < 1.29 is 8.78 Å². The van der Waals surface area contributed by atoms with E-state index in [0.29, 0.717) is 5.69 Å². The fourth-order valence-electron chi connectivity index (χ4n) is 1.96. The molecule has 20 heavy (non-hydrogen) atoms. The summed E-state index contributed by atoms with van der Waals surface area (Å²) in [5.74, 6) is -0.760. The number of nitrogens with one attached hydrogen (secondary N) is 1. The Balaban J connectivity index is 2.28. The standard InChI is InChI=1S/C15H14F2N2S/c1-9(10-5-7-11(16)8-6-10)19-13-4-2-3-12(17)14(13)15(18)20/h2-9,19H,1H3,(H2,18,20). The smallest absolute Gasteiger partial charge is 0.135 e. The zero-order valence-corrected chi connectivity index (χ0v) is 11.7. The van der Waals surface area contributed by atoms with Crippen LogP contribution in [0.2, 0.25) is 0 Å². The van der Waals surface area contributed by atoms with Crippen molar-refractivity contribution in [3.8, 4) is 0 Å². The van der Waals surface area contributed by atoms with Gasteiger partial charge in [-0.15, -0.1) is 0 Å². The third-order valence-corrected chi connectivity index (χ3v) is 3.21. The second-order valence-corrected chi connectivity index (χ2v) is 4.88. The molecule has 0 aliphatic rings. The molecule has 0 spiro atoms. The lowest BCUT2D eigenvalue weighted by atomic mass is 10.1. The Morgan fingerprint density at radius 1 is 1.15 bits per heavy atom. The average Bonchev–Trinajstić information content (AvgIpc) is 2.39. The summed E-state index contributed by atoms with van der Waals surface area (Å²) >= 11 is 4.87. The van der Waals surface area contributed by atoms with Crippen LogP contribution < -0.4 is 11.1 Å². The highest BCUT2D eigenvalue weighted by Gasteiger charge is 2.13. The van der Waals surface area contributed by atoms with Crippen molar-refractivity contribution >= 4 is 22.9 Å². The normalized spacial score (nSPS) is 11.9. The molecule has 0 aliphatic carbocycles. The van der Waals surface area contributed by atoms with Gasteiger partial charge in [-0.3, -0.25) is 0 Å². The van der Waals surface area contributed by atoms with Crippen LogP contribution in [0, 0.1) is 11.6 Å². The first-order chi connectivity index (χ1) is 9.49. The first-order valence-corrected chi connectivity index (χ1v) is 6.50. The lowest BCUT2D eigenvalue weighted by molar-refractivity contribution is 0.625. The average molecular weight is 292 g/mol. The molecule has 0 heterocycles. The van der Waals surface area contributed by atoms with E-state index in [0.717, 1.165) is 5.56 Å². The molecule has 0 aromatic heterocycles. The van der Waals surface area contributed by atoms with E-state index >= 15 is 0 Å². The molecule has 0 amide bonds. The van der Waals surface area contributed by atoms with Crippen molar-refractivity contribution in [3.63, 3.8) is 0 Å². The van der Waals surface area contributed by atoms with E-state index in [4.69, 9.17) is 18.0 Å². The number of nitrogens with two attached hydrogens (primary N) is 1. The maximum absolute atomic E-state index is 13.7. The lowest BCUT2D eigenvalue weighted by Gasteiger charge is -2.18. The molecule has 2 rings (SSSR count). The number of anilines is 1. The number of rotatable bonds is 4. The largest absolute Gasteiger partial charge is 0.389 e. The van der Waals surface area contributed by atoms with E-state index < -0.39 is 5.82 Å². The first-order valence-electron chi connectivity index (χ1n) is 6.09. The molecule has 0 saturated heterocycles. The van der Waals surface area contributed by atoms with Gasteiger partial charge < -0.3 is 11.1 Å². The van der Waals surface area contributed by atoms with Gasteiger partial charge in [0.25, 0.3) is 0 Å². The van der Waals surface area contributed by atoms with Gasteiger partial charge in [0.15, 0.2) is 0 Å². The molecule has 2 aromatic rings. The summed E-state index contributed by atoms with van der Waals surface area (Å²) in [7, 11) is 0. The van der Waals surface area contributed by atoms with Gasteiger partial charge in [0.05, 0.1) is 5.56 Å². The molecule has 5 heteroatoms. The quantitative estimate of drug-likeness (QED) is 0.842. The molecule has 3 N–H and O–H groups in total. The second kappa shape index (κ2) is 5.96. The summed E-state index contributed by atoms with van der Waals surface area (Å²) in [6.07, 6.45) is 0. The van der Waals surface area contributed by atoms with Crippen LogP contribution in [0.3, 0.4) is 0 Å². The summed E-state index contributed by atoms with van der Waals surface area (Å²) in [4.78, 5) is -0.00286. The monoisotopic (exact) mass is 292 g/mol. The molecule has 0 aliphatic heterocycles. The molecule has 2 aromatic carbocycles. The predicted molar refractivity (Wildman–Crippen MR) is 80.7 cm³/mol. The molecule has 0 saturated carbocycles. The first kappa shape index (κ1) is 14.4. The zero-order chi connectivity index (χ0) is 14.7. The van der Waals surface area contributed by atoms with Crippen LogP contribution in [0.15, 0.2) is 42.5 Å². The van der Waals surface area contributed by atoms with Gasteiger partial charge in [-0.2, -0.15) is 0 Å². The third-order valence-electron chi connectivity index (χ3n) is 3.00. The Morgan fingerprint density at radius 2 is 1.80 bits per heavy atom. The van der Waals surface area contributed by atoms with Crippen LogP contribution in [-0.2, 0) is 0 Å². The Kier molecular flexibility index (Phi) is 4.29. The van der Waals surface area contributed by atoms with Gasteiger partial charge in [0, 0.05) is 11.7 Å². The van der Waals surface area contributed by atoms with E-state index in [1.165, 1.54) is 18.2 Å². The van der Waals surface area contributed by atoms with Crippen LogP contribution in [0.5, 0.6) is 0 Å². The fourth-order valence-corrected chi connectivity index (χ4v) is 2.17. The van der Waals surface area contributed by atoms with Crippen LogP contribution >= 0.6 is 12.2 Å². The molecule has 0 bridgehead atoms. The van der Waals surface area contributed by atoms with Crippen molar-refractivity contribution in [2.75, 3.05) is 5.32 Å². The molecular weight excluding hydrogens is 278 g/mol. The lowest BCUT2D eigenvalue weighted by Crippen LogP contribution is -2.17. The van der Waals surface area contributed by atoms with Crippen molar-refractivity contribution in [2.24, 2.45) is 5.73 Å². The van der Waals surface area contributed by atoms with Crippen molar-refractivity contribution in [1.29, 1.82) is 0 Å². The van der Waals surface area contributed by atoms with E-state index in [1.807, 2.05) is 6.92 Å². The van der Waals surface area contributed by atoms with Gasteiger partial charge in [0.1, 0.15) is 16.6 Å². The van der Waals surface area contributed by atoms with E-state index in [1.54, 1.807) is 24.3 Å². The summed E-state index contributed by atoms with van der Waals surface area (Å²) in [5, 5.41) is 3.14. The Labute approximate surface area is 121 Å². The Hall–Kier alpha value is -2.01. The molecule has 1 unspecified atom stereocenters. The third kappa shape index (κ3) is 3.11. The summed E-state index contributed by atoms with van der Waals surface area (Å²) in [6.45, 7) is 1.89. The summed E-state index contributed by atoms with van der Waals surface area (Å²) in [5.41, 5.74) is 7.14. The Morgan fingerprint density at radius 3 is 2.40 bits per heavy atom. The van der Waals surface area contributed by atoms with Crippen LogP contribution in [-0.4, -0.2) is 4.99 Å². The maximum atomic E-state index is 13.7. The minimum absolute atomic E-state index is 0.00286. The highest BCUT2D eigenvalue weighted by Crippen LogP contribution is 2.24. The van der Waals surface area contributed by atoms with Gasteiger partial charge >= 0.3 is 0 Å².